The maximum atomic E-state index is 11.2. The van der Waals surface area contributed by atoms with E-state index in [1.165, 1.54) is 19.2 Å². The summed E-state index contributed by atoms with van der Waals surface area (Å²) in [7, 11) is 0. The molecule has 1 aromatic heterocycles. The second-order valence-corrected chi connectivity index (χ2v) is 3.13. The van der Waals surface area contributed by atoms with Crippen molar-refractivity contribution in [3.63, 3.8) is 0 Å². The van der Waals surface area contributed by atoms with Gasteiger partial charge in [0.2, 0.25) is 5.95 Å². The summed E-state index contributed by atoms with van der Waals surface area (Å²) in [6.07, 6.45) is 7.42. The predicted octanol–water partition coefficient (Wildman–Crippen LogP) is 0.850. The molecule has 1 aliphatic rings. The van der Waals surface area contributed by atoms with Crippen molar-refractivity contribution in [3.8, 4) is 0 Å². The van der Waals surface area contributed by atoms with Crippen LogP contribution in [-0.4, -0.2) is 21.2 Å². The second-order valence-electron chi connectivity index (χ2n) is 3.13. The van der Waals surface area contributed by atoms with Gasteiger partial charge in [0.1, 0.15) is 6.33 Å². The van der Waals surface area contributed by atoms with Crippen molar-refractivity contribution in [3.05, 3.63) is 18.6 Å². The van der Waals surface area contributed by atoms with E-state index in [1.807, 2.05) is 6.08 Å². The van der Waals surface area contributed by atoms with Gasteiger partial charge >= 0.3 is 6.03 Å². The molecule has 6 heteroatoms. The Morgan fingerprint density at radius 2 is 2.50 bits per heavy atom. The number of rotatable bonds is 3. The first kappa shape index (κ1) is 8.74. The Labute approximate surface area is 80.8 Å². The van der Waals surface area contributed by atoms with Crippen LogP contribution in [0.25, 0.3) is 0 Å². The van der Waals surface area contributed by atoms with E-state index < -0.39 is 0 Å². The van der Waals surface area contributed by atoms with Crippen molar-refractivity contribution >= 4 is 12.0 Å². The fraction of sp³-hybridized carbons (Fsp3) is 0.375. The number of carbonyl (C=O) groups excluding carboxylic acids is 1. The van der Waals surface area contributed by atoms with Crippen LogP contribution in [0.1, 0.15) is 12.8 Å². The second kappa shape index (κ2) is 3.91. The Morgan fingerprint density at radius 1 is 1.64 bits per heavy atom. The van der Waals surface area contributed by atoms with Crippen LogP contribution in [-0.2, 0) is 0 Å². The average Bonchev–Trinajstić information content (AvgIpc) is 2.83. The maximum absolute atomic E-state index is 11.2. The topological polar surface area (TPSA) is 82.7 Å². The molecule has 6 nitrogen and oxygen atoms in total. The summed E-state index contributed by atoms with van der Waals surface area (Å²) in [5.41, 5.74) is 0. The van der Waals surface area contributed by atoms with Crippen LogP contribution < -0.4 is 10.6 Å². The third-order valence-corrected chi connectivity index (χ3v) is 1.85. The van der Waals surface area contributed by atoms with Crippen molar-refractivity contribution in [2.45, 2.75) is 12.8 Å². The molecule has 0 atom stereocenters. The summed E-state index contributed by atoms with van der Waals surface area (Å²) < 4.78 is 0. The largest absolute Gasteiger partial charge is 0.325 e. The normalized spacial score (nSPS) is 15.7. The number of amides is 2. The first-order valence-corrected chi connectivity index (χ1v) is 4.44. The van der Waals surface area contributed by atoms with Gasteiger partial charge in [-0.15, -0.1) is 0 Å². The van der Waals surface area contributed by atoms with Gasteiger partial charge in [0.25, 0.3) is 0 Å². The van der Waals surface area contributed by atoms with Gasteiger partial charge < -0.3 is 5.32 Å². The van der Waals surface area contributed by atoms with Gasteiger partial charge in [-0.1, -0.05) is 6.08 Å². The Morgan fingerprint density at radius 3 is 3.14 bits per heavy atom. The van der Waals surface area contributed by atoms with Crippen molar-refractivity contribution in [1.29, 1.82) is 0 Å². The lowest BCUT2D eigenvalue weighted by Gasteiger charge is -1.98. The zero-order chi connectivity index (χ0) is 9.80. The Hall–Kier alpha value is -1.85. The lowest BCUT2D eigenvalue weighted by molar-refractivity contribution is 0.255. The third kappa shape index (κ3) is 2.58. The number of urea groups is 1. The van der Waals surface area contributed by atoms with E-state index in [4.69, 9.17) is 0 Å². The highest BCUT2D eigenvalue weighted by Crippen LogP contribution is 2.29. The average molecular weight is 193 g/mol. The number of aromatic amines is 1. The molecule has 3 N–H and O–H groups in total. The van der Waals surface area contributed by atoms with Gasteiger partial charge in [0.05, 0.1) is 0 Å². The minimum absolute atomic E-state index is 0.321. The zero-order valence-corrected chi connectivity index (χ0v) is 7.53. The summed E-state index contributed by atoms with van der Waals surface area (Å²) in [6, 6.07) is -0.321. The fourth-order valence-electron chi connectivity index (χ4n) is 0.958. The lowest BCUT2D eigenvalue weighted by atomic mass is 10.4. The number of carbonyl (C=O) groups is 1. The smallest absolute Gasteiger partial charge is 0.315 e. The van der Waals surface area contributed by atoms with Crippen LogP contribution in [0.15, 0.2) is 18.6 Å². The van der Waals surface area contributed by atoms with Gasteiger partial charge in [-0.3, -0.25) is 5.32 Å². The Balaban J connectivity index is 1.72. The van der Waals surface area contributed by atoms with E-state index in [-0.39, 0.29) is 6.03 Å². The minimum Gasteiger partial charge on any atom is -0.315 e. The molecule has 74 valence electrons. The minimum atomic E-state index is -0.321. The molecule has 1 saturated carbocycles. The summed E-state index contributed by atoms with van der Waals surface area (Å²) >= 11 is 0. The monoisotopic (exact) mass is 193 g/mol. The Kier molecular flexibility index (Phi) is 2.44. The van der Waals surface area contributed by atoms with Crippen LogP contribution in [0, 0.1) is 5.92 Å². The zero-order valence-electron chi connectivity index (χ0n) is 7.53. The van der Waals surface area contributed by atoms with E-state index in [1.54, 1.807) is 6.20 Å². The lowest BCUT2D eigenvalue weighted by Crippen LogP contribution is -2.24. The van der Waals surface area contributed by atoms with Crippen LogP contribution in [0.3, 0.4) is 0 Å². The molecule has 0 aromatic carbocycles. The number of allylic oxidation sites excluding steroid dienone is 1. The maximum Gasteiger partial charge on any atom is 0.325 e. The first-order chi connectivity index (χ1) is 6.84. The number of H-pyrrole nitrogens is 1. The number of aromatic nitrogens is 3. The molecule has 0 spiro atoms. The molecule has 0 unspecified atom stereocenters. The molecule has 0 aliphatic heterocycles. The van der Waals surface area contributed by atoms with E-state index in [0.29, 0.717) is 11.9 Å². The molecule has 0 saturated heterocycles. The number of anilines is 1. The molecular formula is C8H11N5O. The summed E-state index contributed by atoms with van der Waals surface area (Å²) in [6.45, 7) is 0. The molecule has 1 heterocycles. The van der Waals surface area contributed by atoms with Gasteiger partial charge in [-0.2, -0.15) is 10.1 Å². The summed E-state index contributed by atoms with van der Waals surface area (Å²) in [4.78, 5) is 14.9. The van der Waals surface area contributed by atoms with Gasteiger partial charge in [-0.05, 0) is 18.8 Å². The highest BCUT2D eigenvalue weighted by atomic mass is 16.2. The molecule has 2 rings (SSSR count). The third-order valence-electron chi connectivity index (χ3n) is 1.85. The van der Waals surface area contributed by atoms with Gasteiger partial charge in [0, 0.05) is 6.20 Å². The highest BCUT2D eigenvalue weighted by Gasteiger charge is 2.17. The number of hydrogen-bond donors (Lipinski definition) is 3. The Bertz CT molecular complexity index is 328. The van der Waals surface area contributed by atoms with Crippen LogP contribution >= 0.6 is 0 Å². The quantitative estimate of drug-likeness (QED) is 0.665. The van der Waals surface area contributed by atoms with Crippen LogP contribution in [0.2, 0.25) is 0 Å². The standard InChI is InChI=1S/C8H11N5O/c14-8(9-4-3-6-1-2-6)12-7-10-5-11-13-7/h3-6H,1-2H2,(H3,9,10,11,12,13,14)/b4-3+. The fourth-order valence-corrected chi connectivity index (χ4v) is 0.958. The molecule has 0 radical (unpaired) electrons. The highest BCUT2D eigenvalue weighted by molar-refractivity contribution is 5.87. The van der Waals surface area contributed by atoms with Crippen molar-refractivity contribution in [2.24, 2.45) is 5.92 Å². The van der Waals surface area contributed by atoms with Crippen LogP contribution in [0.4, 0.5) is 10.7 Å². The molecule has 14 heavy (non-hydrogen) atoms. The summed E-state index contributed by atoms with van der Waals surface area (Å²) in [5, 5.41) is 11.2. The molecule has 1 aromatic rings. The molecule has 2 amide bonds. The molecule has 0 bridgehead atoms. The van der Waals surface area contributed by atoms with E-state index >= 15 is 0 Å². The number of hydrogen-bond acceptors (Lipinski definition) is 3. The number of nitrogens with one attached hydrogen (secondary N) is 3. The van der Waals surface area contributed by atoms with Crippen molar-refractivity contribution in [1.82, 2.24) is 20.5 Å². The predicted molar refractivity (Wildman–Crippen MR) is 50.4 cm³/mol. The molecular weight excluding hydrogens is 182 g/mol. The van der Waals surface area contributed by atoms with E-state index in [0.717, 1.165) is 0 Å². The van der Waals surface area contributed by atoms with Gasteiger partial charge in [0.15, 0.2) is 0 Å². The first-order valence-electron chi connectivity index (χ1n) is 4.44. The van der Waals surface area contributed by atoms with E-state index in [9.17, 15) is 4.79 Å². The molecule has 1 fully saturated rings. The number of nitrogens with zero attached hydrogens (tertiary/aromatic N) is 2. The van der Waals surface area contributed by atoms with Crippen molar-refractivity contribution < 1.29 is 4.79 Å². The molecule has 1 aliphatic carbocycles. The van der Waals surface area contributed by atoms with E-state index in [2.05, 4.69) is 25.8 Å². The van der Waals surface area contributed by atoms with Crippen molar-refractivity contribution in [2.75, 3.05) is 5.32 Å². The van der Waals surface area contributed by atoms with Gasteiger partial charge in [-0.25, -0.2) is 9.89 Å². The van der Waals surface area contributed by atoms with Crippen LogP contribution in [0.5, 0.6) is 0 Å². The summed E-state index contributed by atoms with van der Waals surface area (Å²) in [5.74, 6) is 0.989. The SMILES string of the molecule is O=C(N/C=C/C1CC1)Nc1ncn[nH]1.